The summed E-state index contributed by atoms with van der Waals surface area (Å²) in [7, 11) is 6.48. The summed E-state index contributed by atoms with van der Waals surface area (Å²) < 4.78 is 13.5. The van der Waals surface area contributed by atoms with Crippen LogP contribution in [0.25, 0.3) is 0 Å². The standard InChI is InChI=1S/C8H4Cl2FNO2S/c9-15(10,11)12-7(13)5-3-1-2-4-6(5)8(12)14/h1-4H. The van der Waals surface area contributed by atoms with Crippen LogP contribution in [0.1, 0.15) is 20.7 Å². The van der Waals surface area contributed by atoms with Crippen LogP contribution in [0.2, 0.25) is 0 Å². The molecule has 1 heterocycles. The van der Waals surface area contributed by atoms with Crippen molar-refractivity contribution in [2.24, 2.45) is 0 Å². The Balaban J connectivity index is 2.55. The second-order valence-corrected chi connectivity index (χ2v) is 6.89. The van der Waals surface area contributed by atoms with Gasteiger partial charge in [0.25, 0.3) is 11.8 Å². The second-order valence-electron chi connectivity index (χ2n) is 2.83. The van der Waals surface area contributed by atoms with Gasteiger partial charge in [-0.3, -0.25) is 9.59 Å². The molecule has 3 nitrogen and oxygen atoms in total. The molecular weight excluding hydrogens is 264 g/mol. The van der Waals surface area contributed by atoms with Crippen molar-refractivity contribution in [3.63, 3.8) is 0 Å². The Kier molecular flexibility index (Phi) is 2.41. The van der Waals surface area contributed by atoms with Gasteiger partial charge in [-0.1, -0.05) is 12.1 Å². The number of halogens is 3. The van der Waals surface area contributed by atoms with E-state index in [0.717, 1.165) is 0 Å². The number of benzene rings is 1. The van der Waals surface area contributed by atoms with E-state index in [9.17, 15) is 13.5 Å². The molecule has 2 amide bonds. The molecule has 0 atom stereocenters. The molecule has 0 bridgehead atoms. The Morgan fingerprint density at radius 2 is 1.47 bits per heavy atom. The van der Waals surface area contributed by atoms with Gasteiger partial charge in [-0.2, -0.15) is 4.31 Å². The number of hydrogen-bond donors (Lipinski definition) is 0. The van der Waals surface area contributed by atoms with E-state index in [4.69, 9.17) is 21.4 Å². The Hall–Kier alpha value is -0.780. The number of nitrogens with zero attached hydrogens (tertiary/aromatic N) is 1. The smallest absolute Gasteiger partial charge is 0.268 e. The summed E-state index contributed by atoms with van der Waals surface area (Å²) in [6, 6.07) is 6.00. The fourth-order valence-electron chi connectivity index (χ4n) is 1.36. The maximum atomic E-state index is 13.3. The summed E-state index contributed by atoms with van der Waals surface area (Å²) in [6.45, 7) is 0. The molecular formula is C8H4Cl2FNO2S. The van der Waals surface area contributed by atoms with E-state index in [1.807, 2.05) is 0 Å². The average Bonchev–Trinajstić information content (AvgIpc) is 2.39. The largest absolute Gasteiger partial charge is 0.274 e. The molecule has 0 saturated carbocycles. The summed E-state index contributed by atoms with van der Waals surface area (Å²) in [5.41, 5.74) is 0.247. The first kappa shape index (κ1) is 10.7. The first-order chi connectivity index (χ1) is 6.93. The molecule has 0 spiro atoms. The average molecular weight is 268 g/mol. The topological polar surface area (TPSA) is 37.4 Å². The van der Waals surface area contributed by atoms with Crippen LogP contribution < -0.4 is 0 Å². The molecule has 2 rings (SSSR count). The van der Waals surface area contributed by atoms with E-state index in [2.05, 4.69) is 0 Å². The lowest BCUT2D eigenvalue weighted by atomic mass is 10.1. The lowest BCUT2D eigenvalue weighted by Gasteiger charge is -2.23. The van der Waals surface area contributed by atoms with E-state index < -0.39 is 20.8 Å². The van der Waals surface area contributed by atoms with Crippen molar-refractivity contribution < 1.29 is 13.5 Å². The minimum absolute atomic E-state index is 0.123. The van der Waals surface area contributed by atoms with Gasteiger partial charge in [0.15, 0.2) is 9.03 Å². The number of rotatable bonds is 1. The van der Waals surface area contributed by atoms with Crippen LogP contribution in [0.4, 0.5) is 3.89 Å². The van der Waals surface area contributed by atoms with Crippen LogP contribution in [-0.4, -0.2) is 16.1 Å². The van der Waals surface area contributed by atoms with Gasteiger partial charge in [0.2, 0.25) is 0 Å². The van der Waals surface area contributed by atoms with Crippen molar-refractivity contribution in [3.8, 4) is 0 Å². The first-order valence-electron chi connectivity index (χ1n) is 3.83. The molecule has 0 aromatic heterocycles. The lowest BCUT2D eigenvalue weighted by molar-refractivity contribution is 0.0772. The molecule has 7 heteroatoms. The van der Waals surface area contributed by atoms with E-state index in [1.165, 1.54) is 12.1 Å². The van der Waals surface area contributed by atoms with Gasteiger partial charge in [0.1, 0.15) is 0 Å². The van der Waals surface area contributed by atoms with E-state index >= 15 is 0 Å². The van der Waals surface area contributed by atoms with E-state index in [-0.39, 0.29) is 15.4 Å². The maximum absolute atomic E-state index is 13.3. The SMILES string of the molecule is O=C1c2ccccc2C(=O)N1S(F)(Cl)Cl. The molecule has 80 valence electrons. The third kappa shape index (κ3) is 1.60. The highest BCUT2D eigenvalue weighted by Gasteiger charge is 2.45. The Bertz CT molecular complexity index is 425. The van der Waals surface area contributed by atoms with Crippen molar-refractivity contribution in [1.29, 1.82) is 0 Å². The van der Waals surface area contributed by atoms with Gasteiger partial charge in [0.05, 0.1) is 11.1 Å². The van der Waals surface area contributed by atoms with Crippen molar-refractivity contribution in [1.82, 2.24) is 4.31 Å². The first-order valence-corrected chi connectivity index (χ1v) is 6.97. The second kappa shape index (κ2) is 3.37. The third-order valence-corrected chi connectivity index (χ3v) is 3.54. The number of imide groups is 1. The number of amides is 2. The van der Waals surface area contributed by atoms with Crippen molar-refractivity contribution in [2.75, 3.05) is 0 Å². The molecule has 0 radical (unpaired) electrons. The fraction of sp³-hybridized carbons (Fsp3) is 0. The Labute approximate surface area is 95.5 Å². The zero-order chi connectivity index (χ0) is 11.2. The molecule has 0 saturated heterocycles. The summed E-state index contributed by atoms with van der Waals surface area (Å²) in [5, 5.41) is 0. The number of carbonyl (C=O) groups excluding carboxylic acids is 2. The zero-order valence-electron chi connectivity index (χ0n) is 7.12. The molecule has 1 aromatic carbocycles. The van der Waals surface area contributed by atoms with Gasteiger partial charge in [-0.15, -0.1) is 3.89 Å². The minimum Gasteiger partial charge on any atom is -0.268 e. The highest BCUT2D eigenvalue weighted by molar-refractivity contribution is 8.61. The van der Waals surface area contributed by atoms with Gasteiger partial charge in [-0.25, -0.2) is 0 Å². The predicted molar refractivity (Wildman–Crippen MR) is 57.3 cm³/mol. The van der Waals surface area contributed by atoms with Gasteiger partial charge in [-0.05, 0) is 12.1 Å². The zero-order valence-corrected chi connectivity index (χ0v) is 9.44. The number of fused-ring (bicyclic) bond motifs is 1. The summed E-state index contributed by atoms with van der Waals surface area (Å²) >= 11 is 0. The van der Waals surface area contributed by atoms with Gasteiger partial charge >= 0.3 is 0 Å². The maximum Gasteiger partial charge on any atom is 0.274 e. The molecule has 0 aliphatic carbocycles. The van der Waals surface area contributed by atoms with Gasteiger partial charge in [0, 0.05) is 21.4 Å². The van der Waals surface area contributed by atoms with Crippen LogP contribution in [0.15, 0.2) is 24.3 Å². The highest BCUT2D eigenvalue weighted by atomic mass is 36.0. The summed E-state index contributed by atoms with van der Waals surface area (Å²) in [4.78, 5) is 23.1. The number of hydrogen-bond acceptors (Lipinski definition) is 2. The lowest BCUT2D eigenvalue weighted by Crippen LogP contribution is -2.26. The van der Waals surface area contributed by atoms with Crippen molar-refractivity contribution in [2.45, 2.75) is 0 Å². The van der Waals surface area contributed by atoms with E-state index in [1.54, 1.807) is 12.1 Å². The van der Waals surface area contributed by atoms with Crippen LogP contribution in [0.5, 0.6) is 0 Å². The molecule has 1 aliphatic heterocycles. The number of carbonyl (C=O) groups is 2. The molecule has 1 aromatic rings. The Morgan fingerprint density at radius 1 is 1.07 bits per heavy atom. The minimum atomic E-state index is -3.89. The molecule has 15 heavy (non-hydrogen) atoms. The summed E-state index contributed by atoms with van der Waals surface area (Å²) in [5.74, 6) is -1.59. The van der Waals surface area contributed by atoms with Gasteiger partial charge < -0.3 is 0 Å². The normalized spacial score (nSPS) is 16.9. The quantitative estimate of drug-likeness (QED) is 0.733. The van der Waals surface area contributed by atoms with E-state index in [0.29, 0.717) is 0 Å². The third-order valence-electron chi connectivity index (χ3n) is 1.96. The Morgan fingerprint density at radius 3 is 1.80 bits per heavy atom. The van der Waals surface area contributed by atoms with Crippen LogP contribution in [0.3, 0.4) is 0 Å². The molecule has 1 aliphatic rings. The fourth-order valence-corrected chi connectivity index (χ4v) is 2.68. The molecule has 0 fully saturated rings. The molecule has 0 unspecified atom stereocenters. The van der Waals surface area contributed by atoms with Crippen molar-refractivity contribution in [3.05, 3.63) is 35.4 Å². The van der Waals surface area contributed by atoms with Crippen LogP contribution in [0, 0.1) is 0 Å². The van der Waals surface area contributed by atoms with Crippen molar-refractivity contribution >= 4 is 42.2 Å². The van der Waals surface area contributed by atoms with Crippen LogP contribution >= 0.6 is 30.4 Å². The predicted octanol–water partition coefficient (Wildman–Crippen LogP) is 3.19. The van der Waals surface area contributed by atoms with Crippen LogP contribution in [-0.2, 0) is 0 Å². The summed E-state index contributed by atoms with van der Waals surface area (Å²) in [6.07, 6.45) is 0. The monoisotopic (exact) mass is 267 g/mol. The molecule has 0 N–H and O–H groups in total. The highest BCUT2D eigenvalue weighted by Crippen LogP contribution is 2.64.